The van der Waals surface area contributed by atoms with Gasteiger partial charge in [0.1, 0.15) is 22.3 Å². The Morgan fingerprint density at radius 1 is 0.424 bits per heavy atom. The molecule has 0 amide bonds. The number of rotatable bonds is 1. The van der Waals surface area contributed by atoms with Gasteiger partial charge in [0, 0.05) is 38.0 Å². The molecule has 0 atom stereocenters. The van der Waals surface area contributed by atoms with Crippen molar-refractivity contribution in [3.05, 3.63) is 103 Å². The molecule has 0 N–H and O–H groups in total. The van der Waals surface area contributed by atoms with Crippen LogP contribution < -0.4 is 0 Å². The Balaban J connectivity index is 1.55. The van der Waals surface area contributed by atoms with Gasteiger partial charge in [-0.15, -0.1) is 0 Å². The summed E-state index contributed by atoms with van der Waals surface area (Å²) in [4.78, 5) is 0. The van der Waals surface area contributed by atoms with Crippen LogP contribution in [0.3, 0.4) is 0 Å². The van der Waals surface area contributed by atoms with Crippen LogP contribution in [0.1, 0.15) is 0 Å². The molecule has 0 radical (unpaired) electrons. The summed E-state index contributed by atoms with van der Waals surface area (Å²) < 4.78 is 14.6. The third kappa shape index (κ3) is 2.18. The highest BCUT2D eigenvalue weighted by atomic mass is 16.3. The second-order valence-electron chi connectivity index (χ2n) is 8.56. The van der Waals surface area contributed by atoms with Gasteiger partial charge in [-0.2, -0.15) is 0 Å². The summed E-state index contributed by atoms with van der Waals surface area (Å²) in [6.07, 6.45) is 0. The molecular formula is C30H17NO2. The molecule has 0 spiro atoms. The smallest absolute Gasteiger partial charge is 0.136 e. The maximum atomic E-state index is 6.20. The zero-order valence-corrected chi connectivity index (χ0v) is 17.6. The van der Waals surface area contributed by atoms with Crippen molar-refractivity contribution >= 4 is 65.7 Å². The van der Waals surface area contributed by atoms with Crippen LogP contribution in [0.4, 0.5) is 0 Å². The van der Waals surface area contributed by atoms with Crippen LogP contribution in [0.5, 0.6) is 0 Å². The Labute approximate surface area is 188 Å². The fourth-order valence-corrected chi connectivity index (χ4v) is 5.41. The van der Waals surface area contributed by atoms with Crippen LogP contribution >= 0.6 is 0 Å². The van der Waals surface area contributed by atoms with E-state index in [9.17, 15) is 0 Å². The van der Waals surface area contributed by atoms with E-state index in [2.05, 4.69) is 83.4 Å². The number of nitrogens with zero attached hydrogens (tertiary/aromatic N) is 1. The van der Waals surface area contributed by atoms with Crippen molar-refractivity contribution in [2.45, 2.75) is 0 Å². The standard InChI is InChI=1S/C30H17NO2/c1-4-10-23-20(8-1)29-24(14-16-28-30(29)21-9-3-6-12-26(21)33-28)31(23)18-13-15-27-22(17-18)19-7-2-5-11-25(19)32-27/h1-17H. The van der Waals surface area contributed by atoms with Crippen LogP contribution in [-0.4, -0.2) is 4.57 Å². The minimum Gasteiger partial charge on any atom is -0.456 e. The Kier molecular flexibility index (Phi) is 3.14. The van der Waals surface area contributed by atoms with Crippen LogP contribution in [0.25, 0.3) is 71.4 Å². The molecule has 0 aliphatic rings. The summed E-state index contributed by atoms with van der Waals surface area (Å²) in [5, 5.41) is 7.04. The van der Waals surface area contributed by atoms with Gasteiger partial charge >= 0.3 is 0 Å². The Morgan fingerprint density at radius 2 is 1.06 bits per heavy atom. The lowest BCUT2D eigenvalue weighted by molar-refractivity contribution is 0.668. The second kappa shape index (κ2) is 6.05. The molecule has 3 heterocycles. The molecule has 0 aliphatic heterocycles. The number of furan rings is 2. The fourth-order valence-electron chi connectivity index (χ4n) is 5.41. The molecule has 154 valence electrons. The molecule has 8 rings (SSSR count). The van der Waals surface area contributed by atoms with Gasteiger partial charge in [0.15, 0.2) is 0 Å². The van der Waals surface area contributed by atoms with Gasteiger partial charge in [0.2, 0.25) is 0 Å². The summed E-state index contributed by atoms with van der Waals surface area (Å²) in [7, 11) is 0. The van der Waals surface area contributed by atoms with Crippen molar-refractivity contribution in [3.63, 3.8) is 0 Å². The second-order valence-corrected chi connectivity index (χ2v) is 8.56. The average Bonchev–Trinajstić information content (AvgIpc) is 3.52. The monoisotopic (exact) mass is 423 g/mol. The first kappa shape index (κ1) is 17.1. The molecule has 33 heavy (non-hydrogen) atoms. The highest BCUT2D eigenvalue weighted by Crippen LogP contribution is 2.41. The van der Waals surface area contributed by atoms with Gasteiger partial charge in [-0.25, -0.2) is 0 Å². The molecule has 3 aromatic heterocycles. The molecule has 3 heteroatoms. The summed E-state index contributed by atoms with van der Waals surface area (Å²) in [5.74, 6) is 0. The average molecular weight is 423 g/mol. The van der Waals surface area contributed by atoms with Crippen LogP contribution in [0, 0.1) is 0 Å². The van der Waals surface area contributed by atoms with E-state index < -0.39 is 0 Å². The van der Waals surface area contributed by atoms with Crippen molar-refractivity contribution < 1.29 is 8.83 Å². The number of aromatic nitrogens is 1. The van der Waals surface area contributed by atoms with E-state index >= 15 is 0 Å². The molecule has 0 fully saturated rings. The maximum Gasteiger partial charge on any atom is 0.136 e. The summed E-state index contributed by atoms with van der Waals surface area (Å²) in [6, 6.07) is 35.9. The molecule has 0 saturated carbocycles. The quantitative estimate of drug-likeness (QED) is 0.265. The molecule has 3 nitrogen and oxygen atoms in total. The lowest BCUT2D eigenvalue weighted by Crippen LogP contribution is -1.93. The maximum absolute atomic E-state index is 6.20. The number of benzene rings is 5. The minimum absolute atomic E-state index is 0.906. The van der Waals surface area contributed by atoms with Crippen LogP contribution in [0.15, 0.2) is 112 Å². The Hall–Kier alpha value is -4.50. The van der Waals surface area contributed by atoms with Crippen LogP contribution in [0.2, 0.25) is 0 Å². The highest BCUT2D eigenvalue weighted by Gasteiger charge is 2.19. The van der Waals surface area contributed by atoms with Crippen molar-refractivity contribution in [1.29, 1.82) is 0 Å². The van der Waals surface area contributed by atoms with Gasteiger partial charge in [-0.05, 0) is 48.5 Å². The topological polar surface area (TPSA) is 31.2 Å². The van der Waals surface area contributed by atoms with Crippen molar-refractivity contribution in [1.82, 2.24) is 4.57 Å². The van der Waals surface area contributed by atoms with E-state index in [4.69, 9.17) is 8.83 Å². The SMILES string of the molecule is c1ccc2c(c1)oc1ccc(-n3c4ccccc4c4c5c(ccc43)oc3ccccc35)cc12. The first-order valence-corrected chi connectivity index (χ1v) is 11.1. The van der Waals surface area contributed by atoms with E-state index in [0.717, 1.165) is 44.2 Å². The zero-order chi connectivity index (χ0) is 21.5. The number of hydrogen-bond acceptors (Lipinski definition) is 2. The lowest BCUT2D eigenvalue weighted by Gasteiger charge is -2.08. The molecule has 0 bridgehead atoms. The van der Waals surface area contributed by atoms with E-state index in [-0.39, 0.29) is 0 Å². The summed E-state index contributed by atoms with van der Waals surface area (Å²) >= 11 is 0. The van der Waals surface area contributed by atoms with Crippen molar-refractivity contribution in [3.8, 4) is 5.69 Å². The van der Waals surface area contributed by atoms with Crippen LogP contribution in [-0.2, 0) is 0 Å². The first-order chi connectivity index (χ1) is 16.4. The summed E-state index contributed by atoms with van der Waals surface area (Å²) in [6.45, 7) is 0. The van der Waals surface area contributed by atoms with E-state index in [1.807, 2.05) is 24.3 Å². The lowest BCUT2D eigenvalue weighted by atomic mass is 10.1. The third-order valence-electron chi connectivity index (χ3n) is 6.80. The third-order valence-corrected chi connectivity index (χ3v) is 6.80. The van der Waals surface area contributed by atoms with Gasteiger partial charge in [0.25, 0.3) is 0 Å². The zero-order valence-electron chi connectivity index (χ0n) is 17.6. The molecule has 8 aromatic rings. The molecule has 0 unspecified atom stereocenters. The number of para-hydroxylation sites is 3. The Bertz CT molecular complexity index is 2030. The molecule has 5 aromatic carbocycles. The van der Waals surface area contributed by atoms with Gasteiger partial charge in [0.05, 0.1) is 11.0 Å². The first-order valence-electron chi connectivity index (χ1n) is 11.1. The number of hydrogen-bond donors (Lipinski definition) is 0. The minimum atomic E-state index is 0.906. The van der Waals surface area contributed by atoms with E-state index in [1.165, 1.54) is 27.2 Å². The predicted octanol–water partition coefficient (Wildman–Crippen LogP) is 8.58. The normalized spacial score (nSPS) is 12.2. The highest BCUT2D eigenvalue weighted by molar-refractivity contribution is 6.27. The van der Waals surface area contributed by atoms with E-state index in [1.54, 1.807) is 0 Å². The largest absolute Gasteiger partial charge is 0.456 e. The van der Waals surface area contributed by atoms with Crippen molar-refractivity contribution in [2.75, 3.05) is 0 Å². The number of fused-ring (bicyclic) bond motifs is 10. The van der Waals surface area contributed by atoms with Gasteiger partial charge < -0.3 is 13.4 Å². The van der Waals surface area contributed by atoms with Gasteiger partial charge in [-0.3, -0.25) is 0 Å². The molecule has 0 saturated heterocycles. The Morgan fingerprint density at radius 3 is 1.94 bits per heavy atom. The van der Waals surface area contributed by atoms with E-state index in [0.29, 0.717) is 0 Å². The van der Waals surface area contributed by atoms with Gasteiger partial charge in [-0.1, -0.05) is 54.6 Å². The van der Waals surface area contributed by atoms with Crippen molar-refractivity contribution in [2.24, 2.45) is 0 Å². The predicted molar refractivity (Wildman–Crippen MR) is 135 cm³/mol. The molecule has 0 aliphatic carbocycles. The molecular weight excluding hydrogens is 406 g/mol. The fraction of sp³-hybridized carbons (Fsp3) is 0. The summed E-state index contributed by atoms with van der Waals surface area (Å²) in [5.41, 5.74) is 7.13.